The van der Waals surface area contributed by atoms with Crippen LogP contribution in [0.3, 0.4) is 0 Å². The molecule has 118 valence electrons. The molecule has 0 unspecified atom stereocenters. The van der Waals surface area contributed by atoms with Crippen LogP contribution in [-0.4, -0.2) is 22.1 Å². The maximum Gasteiger partial charge on any atom is 0.319 e. The van der Waals surface area contributed by atoms with Gasteiger partial charge < -0.3 is 15.2 Å². The van der Waals surface area contributed by atoms with E-state index in [0.717, 1.165) is 11.5 Å². The Kier molecular flexibility index (Phi) is 5.14. The Morgan fingerprint density at radius 2 is 2.09 bits per heavy atom. The molecule has 0 aliphatic carbocycles. The Morgan fingerprint density at radius 3 is 2.77 bits per heavy atom. The molecule has 0 bridgehead atoms. The molecule has 1 aromatic heterocycles. The van der Waals surface area contributed by atoms with E-state index in [-0.39, 0.29) is 5.69 Å². The summed E-state index contributed by atoms with van der Waals surface area (Å²) in [5, 5.41) is 5.20. The van der Waals surface area contributed by atoms with Crippen LogP contribution >= 0.6 is 0 Å². The lowest BCUT2D eigenvalue weighted by Gasteiger charge is -2.14. The third-order valence-electron chi connectivity index (χ3n) is 3.33. The summed E-state index contributed by atoms with van der Waals surface area (Å²) in [4.78, 5) is 16.1. The number of hydrogen-bond donors (Lipinski definition) is 2. The van der Waals surface area contributed by atoms with Crippen LogP contribution in [0.4, 0.5) is 14.9 Å². The predicted molar refractivity (Wildman–Crippen MR) is 84.5 cm³/mol. The molecule has 1 heterocycles. The molecule has 0 fully saturated rings. The lowest BCUT2D eigenvalue weighted by molar-refractivity contribution is 0.252. The first kappa shape index (κ1) is 16.0. The molecule has 0 radical (unpaired) electrons. The number of amides is 2. The van der Waals surface area contributed by atoms with E-state index in [2.05, 4.69) is 34.0 Å². The first-order valence-corrected chi connectivity index (χ1v) is 7.31. The van der Waals surface area contributed by atoms with Gasteiger partial charge in [0.15, 0.2) is 0 Å². The van der Waals surface area contributed by atoms with Crippen LogP contribution in [0.1, 0.15) is 31.4 Å². The van der Waals surface area contributed by atoms with Crippen LogP contribution in [-0.2, 0) is 6.42 Å². The van der Waals surface area contributed by atoms with Gasteiger partial charge in [0.25, 0.3) is 0 Å². The number of rotatable bonds is 5. The van der Waals surface area contributed by atoms with Crippen molar-refractivity contribution < 1.29 is 9.18 Å². The fourth-order valence-electron chi connectivity index (χ4n) is 2.40. The number of para-hydroxylation sites is 1. The van der Waals surface area contributed by atoms with Gasteiger partial charge in [-0.05, 0) is 32.9 Å². The number of urea groups is 1. The Morgan fingerprint density at radius 1 is 1.36 bits per heavy atom. The van der Waals surface area contributed by atoms with Crippen molar-refractivity contribution in [3.63, 3.8) is 0 Å². The van der Waals surface area contributed by atoms with Crippen LogP contribution < -0.4 is 10.6 Å². The van der Waals surface area contributed by atoms with Gasteiger partial charge in [-0.2, -0.15) is 0 Å². The zero-order chi connectivity index (χ0) is 16.1. The van der Waals surface area contributed by atoms with Gasteiger partial charge in [-0.25, -0.2) is 14.2 Å². The number of carbonyl (C=O) groups is 1. The summed E-state index contributed by atoms with van der Waals surface area (Å²) < 4.78 is 15.6. The summed E-state index contributed by atoms with van der Waals surface area (Å²) in [6, 6.07) is 5.96. The Balaban J connectivity index is 1.86. The van der Waals surface area contributed by atoms with E-state index >= 15 is 0 Å². The van der Waals surface area contributed by atoms with Crippen molar-refractivity contribution in [2.24, 2.45) is 0 Å². The van der Waals surface area contributed by atoms with E-state index in [9.17, 15) is 9.18 Å². The molecular weight excluding hydrogens is 283 g/mol. The zero-order valence-corrected chi connectivity index (χ0v) is 13.1. The van der Waals surface area contributed by atoms with E-state index in [1.54, 1.807) is 12.1 Å². The number of imidazole rings is 1. The van der Waals surface area contributed by atoms with Crippen molar-refractivity contribution in [2.75, 3.05) is 11.9 Å². The number of hydrogen-bond acceptors (Lipinski definition) is 2. The van der Waals surface area contributed by atoms with E-state index in [1.807, 2.05) is 13.1 Å². The maximum absolute atomic E-state index is 13.4. The molecule has 2 N–H and O–H groups in total. The molecule has 0 saturated heterocycles. The molecule has 22 heavy (non-hydrogen) atoms. The van der Waals surface area contributed by atoms with Gasteiger partial charge in [-0.3, -0.25) is 0 Å². The van der Waals surface area contributed by atoms with Crippen molar-refractivity contribution in [3.05, 3.63) is 47.8 Å². The molecule has 6 heteroatoms. The van der Waals surface area contributed by atoms with Gasteiger partial charge in [0, 0.05) is 30.9 Å². The number of benzene rings is 1. The normalized spacial score (nSPS) is 10.8. The van der Waals surface area contributed by atoms with E-state index in [4.69, 9.17) is 0 Å². The molecule has 1 aromatic carbocycles. The SMILES string of the molecule is Cc1cnc(CCNC(=O)Nc2ccccc2F)n1C(C)C. The first-order chi connectivity index (χ1) is 10.5. The Labute approximate surface area is 129 Å². The highest BCUT2D eigenvalue weighted by Gasteiger charge is 2.10. The average Bonchev–Trinajstić information content (AvgIpc) is 2.82. The van der Waals surface area contributed by atoms with E-state index in [0.29, 0.717) is 19.0 Å². The summed E-state index contributed by atoms with van der Waals surface area (Å²) in [5.74, 6) is 0.474. The number of nitrogens with one attached hydrogen (secondary N) is 2. The molecule has 2 rings (SSSR count). The van der Waals surface area contributed by atoms with Crippen LogP contribution in [0.25, 0.3) is 0 Å². The van der Waals surface area contributed by atoms with Crippen molar-refractivity contribution >= 4 is 11.7 Å². The van der Waals surface area contributed by atoms with Gasteiger partial charge in [-0.1, -0.05) is 12.1 Å². The van der Waals surface area contributed by atoms with Crippen molar-refractivity contribution in [3.8, 4) is 0 Å². The topological polar surface area (TPSA) is 59.0 Å². The van der Waals surface area contributed by atoms with Crippen LogP contribution in [0.15, 0.2) is 30.5 Å². The van der Waals surface area contributed by atoms with E-state index < -0.39 is 11.8 Å². The van der Waals surface area contributed by atoms with Crippen molar-refractivity contribution in [1.29, 1.82) is 0 Å². The lowest BCUT2D eigenvalue weighted by Crippen LogP contribution is -2.31. The number of aryl methyl sites for hydroxylation is 1. The van der Waals surface area contributed by atoms with Gasteiger partial charge in [-0.15, -0.1) is 0 Å². The maximum atomic E-state index is 13.4. The summed E-state index contributed by atoms with van der Waals surface area (Å²) in [7, 11) is 0. The largest absolute Gasteiger partial charge is 0.337 e. The fraction of sp³-hybridized carbons (Fsp3) is 0.375. The fourth-order valence-corrected chi connectivity index (χ4v) is 2.40. The summed E-state index contributed by atoms with van der Waals surface area (Å²) in [5.41, 5.74) is 1.26. The molecule has 0 spiro atoms. The van der Waals surface area contributed by atoms with Crippen LogP contribution in [0, 0.1) is 12.7 Å². The Hall–Kier alpha value is -2.37. The molecule has 0 saturated carbocycles. The minimum Gasteiger partial charge on any atom is -0.337 e. The monoisotopic (exact) mass is 304 g/mol. The number of carbonyl (C=O) groups excluding carboxylic acids is 1. The number of nitrogens with zero attached hydrogens (tertiary/aromatic N) is 2. The molecule has 0 aliphatic rings. The predicted octanol–water partition coefficient (Wildman–Crippen LogP) is 3.28. The zero-order valence-electron chi connectivity index (χ0n) is 13.1. The minimum absolute atomic E-state index is 0.166. The van der Waals surface area contributed by atoms with Gasteiger partial charge in [0.1, 0.15) is 11.6 Å². The third-order valence-corrected chi connectivity index (χ3v) is 3.33. The molecule has 2 aromatic rings. The summed E-state index contributed by atoms with van der Waals surface area (Å²) >= 11 is 0. The second kappa shape index (κ2) is 7.06. The second-order valence-electron chi connectivity index (χ2n) is 5.39. The lowest BCUT2D eigenvalue weighted by atomic mass is 10.3. The smallest absolute Gasteiger partial charge is 0.319 e. The number of aromatic nitrogens is 2. The minimum atomic E-state index is -0.455. The van der Waals surface area contributed by atoms with Gasteiger partial charge >= 0.3 is 6.03 Å². The highest BCUT2D eigenvalue weighted by molar-refractivity contribution is 5.89. The quantitative estimate of drug-likeness (QED) is 0.890. The second-order valence-corrected chi connectivity index (χ2v) is 5.39. The highest BCUT2D eigenvalue weighted by Crippen LogP contribution is 2.13. The molecular formula is C16H21FN4O. The van der Waals surface area contributed by atoms with Gasteiger partial charge in [0.2, 0.25) is 0 Å². The number of anilines is 1. The molecule has 0 aliphatic heterocycles. The molecule has 5 nitrogen and oxygen atoms in total. The average molecular weight is 304 g/mol. The van der Waals surface area contributed by atoms with Gasteiger partial charge in [0.05, 0.1) is 5.69 Å². The highest BCUT2D eigenvalue weighted by atomic mass is 19.1. The van der Waals surface area contributed by atoms with E-state index in [1.165, 1.54) is 12.1 Å². The molecule has 2 amide bonds. The van der Waals surface area contributed by atoms with Crippen molar-refractivity contribution in [1.82, 2.24) is 14.9 Å². The van der Waals surface area contributed by atoms with Crippen LogP contribution in [0.2, 0.25) is 0 Å². The standard InChI is InChI=1S/C16H21FN4O/c1-11(2)21-12(3)10-19-15(21)8-9-18-16(22)20-14-7-5-4-6-13(14)17/h4-7,10-11H,8-9H2,1-3H3,(H2,18,20,22). The first-order valence-electron chi connectivity index (χ1n) is 7.31. The summed E-state index contributed by atoms with van der Waals surface area (Å²) in [6.45, 7) is 6.63. The van der Waals surface area contributed by atoms with Crippen LogP contribution in [0.5, 0.6) is 0 Å². The molecule has 0 atom stereocenters. The Bertz CT molecular complexity index is 651. The summed E-state index contributed by atoms with van der Waals surface area (Å²) in [6.07, 6.45) is 2.45. The third kappa shape index (κ3) is 3.84. The van der Waals surface area contributed by atoms with Crippen molar-refractivity contribution in [2.45, 2.75) is 33.2 Å². The number of halogens is 1.